The van der Waals surface area contributed by atoms with Crippen LogP contribution in [0, 0.1) is 0 Å². The fraction of sp³-hybridized carbons (Fsp3) is 0.444. The summed E-state index contributed by atoms with van der Waals surface area (Å²) in [6.45, 7) is 0.113. The van der Waals surface area contributed by atoms with Crippen LogP contribution in [0.5, 0.6) is 0 Å². The van der Waals surface area contributed by atoms with E-state index in [0.717, 1.165) is 30.4 Å². The Morgan fingerprint density at radius 3 is 2.75 bits per heavy atom. The van der Waals surface area contributed by atoms with E-state index in [0.29, 0.717) is 6.54 Å². The van der Waals surface area contributed by atoms with Crippen LogP contribution in [0.4, 0.5) is 8.78 Å². The van der Waals surface area contributed by atoms with Crippen LogP contribution < -0.4 is 0 Å². The summed E-state index contributed by atoms with van der Waals surface area (Å²) < 4.78 is 26.4. The topological polar surface area (TPSA) is 38.1 Å². The molecule has 0 spiro atoms. The number of hydrogen-bond acceptors (Lipinski definition) is 2. The second kappa shape index (κ2) is 7.55. The summed E-state index contributed by atoms with van der Waals surface area (Å²) >= 11 is 0. The lowest BCUT2D eigenvalue weighted by atomic mass is 9.95. The summed E-state index contributed by atoms with van der Waals surface area (Å²) in [7, 11) is 0. The quantitative estimate of drug-likeness (QED) is 0.841. The van der Waals surface area contributed by atoms with E-state index < -0.39 is 13.0 Å². The number of halogens is 2. The van der Waals surface area contributed by atoms with Gasteiger partial charge in [0.2, 0.25) is 0 Å². The van der Waals surface area contributed by atoms with E-state index >= 15 is 0 Å². The highest BCUT2D eigenvalue weighted by Crippen LogP contribution is 2.23. The molecule has 0 bridgehead atoms. The lowest BCUT2D eigenvalue weighted by Gasteiger charge is -2.36. The number of piperidine rings is 1. The van der Waals surface area contributed by atoms with Crippen LogP contribution in [0.15, 0.2) is 42.6 Å². The molecule has 1 saturated heterocycles. The van der Waals surface area contributed by atoms with Crippen molar-refractivity contribution in [2.45, 2.75) is 44.7 Å². The molecule has 0 radical (unpaired) electrons. The molecule has 1 aromatic carbocycles. The molecule has 128 valence electrons. The zero-order valence-corrected chi connectivity index (χ0v) is 13.4. The molecule has 2 aromatic rings. The predicted octanol–water partition coefficient (Wildman–Crippen LogP) is 3.39. The van der Waals surface area contributed by atoms with Crippen LogP contribution in [0.3, 0.4) is 0 Å². The van der Waals surface area contributed by atoms with Gasteiger partial charge >= 0.3 is 0 Å². The Hall–Kier alpha value is -2.24. The Morgan fingerprint density at radius 2 is 2.00 bits per heavy atom. The molecule has 0 aliphatic carbocycles. The van der Waals surface area contributed by atoms with Gasteiger partial charge in [0.25, 0.3) is 12.3 Å². The number of carbonyl (C=O) groups excluding carboxylic acids is 1. The van der Waals surface area contributed by atoms with Gasteiger partial charge in [0, 0.05) is 18.8 Å². The normalized spacial score (nSPS) is 18.1. The second-order valence-corrected chi connectivity index (χ2v) is 6.13. The van der Waals surface area contributed by atoms with E-state index in [-0.39, 0.29) is 17.6 Å². The van der Waals surface area contributed by atoms with Crippen LogP contribution >= 0.6 is 0 Å². The fourth-order valence-electron chi connectivity index (χ4n) is 3.30. The van der Waals surface area contributed by atoms with Crippen LogP contribution in [0.1, 0.15) is 35.3 Å². The van der Waals surface area contributed by atoms with Gasteiger partial charge < -0.3 is 4.90 Å². The molecule has 0 N–H and O–H groups in total. The van der Waals surface area contributed by atoms with Gasteiger partial charge in [0.05, 0.1) is 0 Å². The molecule has 1 aliphatic rings. The molecule has 1 aromatic heterocycles. The highest BCUT2D eigenvalue weighted by Gasteiger charge is 2.29. The number of likely N-dealkylation sites (tertiary alicyclic amines) is 1. The third-order valence-electron chi connectivity index (χ3n) is 4.45. The lowest BCUT2D eigenvalue weighted by Crippen LogP contribution is -2.45. The summed E-state index contributed by atoms with van der Waals surface area (Å²) in [5.74, 6) is -0.200. The Kier molecular flexibility index (Phi) is 5.23. The maximum Gasteiger partial charge on any atom is 0.272 e. The zero-order chi connectivity index (χ0) is 16.9. The van der Waals surface area contributed by atoms with Crippen molar-refractivity contribution in [1.29, 1.82) is 0 Å². The van der Waals surface area contributed by atoms with Crippen molar-refractivity contribution in [2.24, 2.45) is 0 Å². The summed E-state index contributed by atoms with van der Waals surface area (Å²) in [4.78, 5) is 14.7. The molecule has 1 unspecified atom stereocenters. The maximum absolute atomic E-state index is 12.9. The minimum atomic E-state index is -2.53. The molecule has 0 saturated carbocycles. The maximum atomic E-state index is 12.9. The largest absolute Gasteiger partial charge is 0.334 e. The van der Waals surface area contributed by atoms with Crippen molar-refractivity contribution in [1.82, 2.24) is 14.7 Å². The Labute approximate surface area is 140 Å². The van der Waals surface area contributed by atoms with Crippen molar-refractivity contribution in [3.05, 3.63) is 53.9 Å². The highest BCUT2D eigenvalue weighted by molar-refractivity contribution is 5.92. The van der Waals surface area contributed by atoms with Gasteiger partial charge in [-0.15, -0.1) is 0 Å². The Bertz CT molecular complexity index is 672. The molecule has 4 nitrogen and oxygen atoms in total. The number of carbonyl (C=O) groups is 1. The zero-order valence-electron chi connectivity index (χ0n) is 13.4. The van der Waals surface area contributed by atoms with Gasteiger partial charge in [-0.2, -0.15) is 5.10 Å². The fourth-order valence-corrected chi connectivity index (χ4v) is 3.30. The van der Waals surface area contributed by atoms with Crippen molar-refractivity contribution >= 4 is 5.91 Å². The molecular formula is C18H21F2N3O. The van der Waals surface area contributed by atoms with Crippen molar-refractivity contribution in [2.75, 3.05) is 6.54 Å². The third-order valence-corrected chi connectivity index (χ3v) is 4.45. The Morgan fingerprint density at radius 1 is 1.21 bits per heavy atom. The van der Waals surface area contributed by atoms with Gasteiger partial charge in [-0.1, -0.05) is 30.3 Å². The number of amides is 1. The average molecular weight is 333 g/mol. The third kappa shape index (κ3) is 3.80. The predicted molar refractivity (Wildman–Crippen MR) is 87.1 cm³/mol. The van der Waals surface area contributed by atoms with Gasteiger partial charge in [-0.3, -0.25) is 9.48 Å². The number of alkyl halides is 2. The second-order valence-electron chi connectivity index (χ2n) is 6.13. The minimum absolute atomic E-state index is 0.101. The monoisotopic (exact) mass is 333 g/mol. The summed E-state index contributed by atoms with van der Waals surface area (Å²) in [6.07, 6.45) is 2.63. The van der Waals surface area contributed by atoms with Crippen LogP contribution in [0.25, 0.3) is 0 Å². The first-order chi connectivity index (χ1) is 11.6. The van der Waals surface area contributed by atoms with Crippen molar-refractivity contribution in [3.63, 3.8) is 0 Å². The lowest BCUT2D eigenvalue weighted by molar-refractivity contribution is 0.0590. The SMILES string of the molecule is O=C(c1ccnn1CC(F)F)N1CCCCC1Cc1ccccc1. The van der Waals surface area contributed by atoms with Crippen molar-refractivity contribution < 1.29 is 13.6 Å². The first kappa shape index (κ1) is 16.6. The van der Waals surface area contributed by atoms with E-state index in [1.807, 2.05) is 23.1 Å². The molecule has 1 amide bonds. The molecule has 24 heavy (non-hydrogen) atoms. The number of hydrogen-bond donors (Lipinski definition) is 0. The van der Waals surface area contributed by atoms with Crippen LogP contribution in [0.2, 0.25) is 0 Å². The number of aromatic nitrogens is 2. The molecule has 1 aliphatic heterocycles. The summed E-state index contributed by atoms with van der Waals surface area (Å²) in [6, 6.07) is 11.7. The van der Waals surface area contributed by atoms with E-state index in [2.05, 4.69) is 17.2 Å². The van der Waals surface area contributed by atoms with E-state index in [9.17, 15) is 13.6 Å². The van der Waals surface area contributed by atoms with Crippen LogP contribution in [-0.2, 0) is 13.0 Å². The molecule has 1 atom stereocenters. The Balaban J connectivity index is 1.77. The van der Waals surface area contributed by atoms with Crippen LogP contribution in [-0.4, -0.2) is 39.6 Å². The van der Waals surface area contributed by atoms with E-state index in [4.69, 9.17) is 0 Å². The smallest absolute Gasteiger partial charge is 0.272 e. The number of benzene rings is 1. The summed E-state index contributed by atoms with van der Waals surface area (Å²) in [5, 5.41) is 3.87. The number of nitrogens with zero attached hydrogens (tertiary/aromatic N) is 3. The highest BCUT2D eigenvalue weighted by atomic mass is 19.3. The van der Waals surface area contributed by atoms with Gasteiger partial charge in [-0.25, -0.2) is 8.78 Å². The first-order valence-electron chi connectivity index (χ1n) is 8.30. The first-order valence-corrected chi connectivity index (χ1v) is 8.30. The standard InChI is InChI=1S/C18H21F2N3O/c19-17(20)13-23-16(9-10-21-23)18(24)22-11-5-4-8-15(22)12-14-6-2-1-3-7-14/h1-3,6-7,9-10,15,17H,4-5,8,11-13H2. The average Bonchev–Trinajstić information content (AvgIpc) is 3.03. The molecular weight excluding hydrogens is 312 g/mol. The molecule has 2 heterocycles. The van der Waals surface area contributed by atoms with Gasteiger partial charge in [0.15, 0.2) is 0 Å². The van der Waals surface area contributed by atoms with E-state index in [1.165, 1.54) is 17.8 Å². The number of rotatable bonds is 5. The molecule has 6 heteroatoms. The molecule has 3 rings (SSSR count). The molecule has 1 fully saturated rings. The van der Waals surface area contributed by atoms with Gasteiger partial charge in [0.1, 0.15) is 12.2 Å². The summed E-state index contributed by atoms with van der Waals surface area (Å²) in [5.41, 5.74) is 1.43. The minimum Gasteiger partial charge on any atom is -0.334 e. The van der Waals surface area contributed by atoms with Gasteiger partial charge in [-0.05, 0) is 37.3 Å². The van der Waals surface area contributed by atoms with E-state index in [1.54, 1.807) is 0 Å². The van der Waals surface area contributed by atoms with Crippen molar-refractivity contribution in [3.8, 4) is 0 Å².